The minimum absolute atomic E-state index is 0.130. The topological polar surface area (TPSA) is 94.8 Å². The van der Waals surface area contributed by atoms with Crippen molar-refractivity contribution in [2.24, 2.45) is 0 Å². The van der Waals surface area contributed by atoms with Gasteiger partial charge in [0.15, 0.2) is 5.78 Å². The molecule has 5 aromatic rings. The van der Waals surface area contributed by atoms with Crippen molar-refractivity contribution in [1.82, 2.24) is 19.5 Å². The first-order chi connectivity index (χ1) is 16.5. The quantitative estimate of drug-likeness (QED) is 0.345. The van der Waals surface area contributed by atoms with Gasteiger partial charge in [0.05, 0.1) is 9.79 Å². The first kappa shape index (κ1) is 21.4. The Labute approximate surface area is 196 Å². The molecule has 166 valence electrons. The number of imidazole rings is 1. The van der Waals surface area contributed by atoms with E-state index >= 15 is 0 Å². The molecule has 0 fully saturated rings. The molecule has 0 aliphatic heterocycles. The summed E-state index contributed by atoms with van der Waals surface area (Å²) >= 11 is 0. The molecule has 0 unspecified atom stereocenters. The molecule has 0 saturated carbocycles. The Kier molecular flexibility index (Phi) is 5.57. The van der Waals surface area contributed by atoms with E-state index in [1.165, 1.54) is 24.5 Å². The summed E-state index contributed by atoms with van der Waals surface area (Å²) in [5.41, 5.74) is 2.75. The van der Waals surface area contributed by atoms with Crippen molar-refractivity contribution >= 4 is 15.6 Å². The number of carbonyl (C=O) groups is 1. The maximum absolute atomic E-state index is 12.9. The summed E-state index contributed by atoms with van der Waals surface area (Å²) in [4.78, 5) is 25.4. The number of hydrogen-bond donors (Lipinski definition) is 0. The van der Waals surface area contributed by atoms with Gasteiger partial charge in [0.1, 0.15) is 12.1 Å². The first-order valence-corrected chi connectivity index (χ1v) is 11.9. The van der Waals surface area contributed by atoms with Gasteiger partial charge in [0, 0.05) is 42.1 Å². The number of nitrogens with zero attached hydrogens (tertiary/aromatic N) is 4. The normalized spacial score (nSPS) is 11.3. The highest BCUT2D eigenvalue weighted by Crippen LogP contribution is 2.25. The Hall–Kier alpha value is -4.43. The summed E-state index contributed by atoms with van der Waals surface area (Å²) < 4.78 is 27.3. The lowest BCUT2D eigenvalue weighted by atomic mass is 10.0. The molecular weight excluding hydrogens is 448 g/mol. The van der Waals surface area contributed by atoms with Gasteiger partial charge in [-0.1, -0.05) is 36.4 Å². The van der Waals surface area contributed by atoms with Gasteiger partial charge in [-0.15, -0.1) is 0 Å². The van der Waals surface area contributed by atoms with Crippen molar-refractivity contribution in [2.45, 2.75) is 9.79 Å². The molecule has 0 N–H and O–H groups in total. The van der Waals surface area contributed by atoms with Gasteiger partial charge in [-0.2, -0.15) is 0 Å². The number of benzene rings is 2. The van der Waals surface area contributed by atoms with Crippen LogP contribution in [0.1, 0.15) is 15.9 Å². The number of rotatable bonds is 6. The summed E-state index contributed by atoms with van der Waals surface area (Å²) in [6, 6.07) is 20.3. The molecule has 0 bridgehead atoms. The van der Waals surface area contributed by atoms with Crippen LogP contribution >= 0.6 is 0 Å². The van der Waals surface area contributed by atoms with E-state index in [1.54, 1.807) is 78.0 Å². The van der Waals surface area contributed by atoms with Crippen LogP contribution in [0.3, 0.4) is 0 Å². The van der Waals surface area contributed by atoms with E-state index in [0.29, 0.717) is 16.9 Å². The Morgan fingerprint density at radius 3 is 1.88 bits per heavy atom. The van der Waals surface area contributed by atoms with E-state index in [4.69, 9.17) is 0 Å². The van der Waals surface area contributed by atoms with Crippen LogP contribution in [-0.4, -0.2) is 33.7 Å². The highest BCUT2D eigenvalue weighted by Gasteiger charge is 2.17. The number of carbonyl (C=O) groups excluding carboxylic acids is 1. The van der Waals surface area contributed by atoms with Crippen LogP contribution in [0.25, 0.3) is 16.9 Å². The number of sulfone groups is 1. The number of pyridine rings is 2. The Morgan fingerprint density at radius 1 is 0.676 bits per heavy atom. The molecule has 5 rings (SSSR count). The van der Waals surface area contributed by atoms with Crippen LogP contribution in [0.15, 0.2) is 120 Å². The summed E-state index contributed by atoms with van der Waals surface area (Å²) in [6.07, 6.45) is 9.54. The number of hydrogen-bond acceptors (Lipinski definition) is 6. The second-order valence-electron chi connectivity index (χ2n) is 7.49. The third kappa shape index (κ3) is 4.14. The standard InChI is InChI=1S/C26H18N4O3S/c31-26(22-7-10-25(29-17-22)30-16-15-28-18-30)21-3-1-19(2-4-21)20-5-8-23(9-6-20)34(32,33)24-11-13-27-14-12-24/h1-18H. The van der Waals surface area contributed by atoms with Crippen LogP contribution in [0.4, 0.5) is 0 Å². The molecule has 0 aliphatic rings. The molecule has 0 atom stereocenters. The van der Waals surface area contributed by atoms with Crippen molar-refractivity contribution in [3.63, 3.8) is 0 Å². The van der Waals surface area contributed by atoms with Crippen LogP contribution in [-0.2, 0) is 9.84 Å². The van der Waals surface area contributed by atoms with Crippen LogP contribution in [0.5, 0.6) is 0 Å². The van der Waals surface area contributed by atoms with Gasteiger partial charge in [0.2, 0.25) is 9.84 Å². The molecule has 34 heavy (non-hydrogen) atoms. The zero-order valence-corrected chi connectivity index (χ0v) is 18.6. The molecule has 0 radical (unpaired) electrons. The molecule has 0 saturated heterocycles. The van der Waals surface area contributed by atoms with E-state index in [1.807, 2.05) is 12.1 Å². The molecule has 2 aromatic carbocycles. The largest absolute Gasteiger partial charge is 0.291 e. The maximum Gasteiger partial charge on any atom is 0.206 e. The summed E-state index contributed by atoms with van der Waals surface area (Å²) in [6.45, 7) is 0. The van der Waals surface area contributed by atoms with E-state index in [0.717, 1.165) is 11.1 Å². The third-order valence-corrected chi connectivity index (χ3v) is 7.17. The van der Waals surface area contributed by atoms with Crippen molar-refractivity contribution < 1.29 is 13.2 Å². The third-order valence-electron chi connectivity index (χ3n) is 5.38. The monoisotopic (exact) mass is 466 g/mol. The number of ketones is 1. The predicted molar refractivity (Wildman–Crippen MR) is 126 cm³/mol. The second kappa shape index (κ2) is 8.84. The molecule has 8 heteroatoms. The molecule has 3 heterocycles. The van der Waals surface area contributed by atoms with E-state index in [-0.39, 0.29) is 15.6 Å². The molecular formula is C26H18N4O3S. The molecule has 3 aromatic heterocycles. The smallest absolute Gasteiger partial charge is 0.206 e. The van der Waals surface area contributed by atoms with E-state index in [2.05, 4.69) is 15.0 Å². The van der Waals surface area contributed by atoms with Crippen molar-refractivity contribution in [3.8, 4) is 16.9 Å². The minimum atomic E-state index is -3.60. The lowest BCUT2D eigenvalue weighted by Gasteiger charge is -2.08. The predicted octanol–water partition coefficient (Wildman–Crippen LogP) is 4.39. The van der Waals surface area contributed by atoms with Gasteiger partial charge in [-0.05, 0) is 47.5 Å². The highest BCUT2D eigenvalue weighted by molar-refractivity contribution is 7.91. The zero-order chi connectivity index (χ0) is 23.5. The van der Waals surface area contributed by atoms with Crippen LogP contribution < -0.4 is 0 Å². The Morgan fingerprint density at radius 2 is 1.29 bits per heavy atom. The fourth-order valence-corrected chi connectivity index (χ4v) is 4.78. The average Bonchev–Trinajstić information content (AvgIpc) is 3.44. The van der Waals surface area contributed by atoms with Crippen LogP contribution in [0.2, 0.25) is 0 Å². The van der Waals surface area contributed by atoms with Crippen LogP contribution in [0, 0.1) is 0 Å². The lowest BCUT2D eigenvalue weighted by Crippen LogP contribution is -2.03. The van der Waals surface area contributed by atoms with Crippen molar-refractivity contribution in [1.29, 1.82) is 0 Å². The summed E-state index contributed by atoms with van der Waals surface area (Å²) in [7, 11) is -3.60. The average molecular weight is 467 g/mol. The van der Waals surface area contributed by atoms with E-state index < -0.39 is 9.84 Å². The fraction of sp³-hybridized carbons (Fsp3) is 0. The number of aromatic nitrogens is 4. The first-order valence-electron chi connectivity index (χ1n) is 10.4. The van der Waals surface area contributed by atoms with Crippen molar-refractivity contribution in [2.75, 3.05) is 0 Å². The van der Waals surface area contributed by atoms with Gasteiger partial charge in [-0.25, -0.2) is 18.4 Å². The van der Waals surface area contributed by atoms with Gasteiger partial charge in [0.25, 0.3) is 0 Å². The maximum atomic E-state index is 12.9. The summed E-state index contributed by atoms with van der Waals surface area (Å²) in [5, 5.41) is 0. The van der Waals surface area contributed by atoms with Gasteiger partial charge in [-0.3, -0.25) is 14.3 Å². The minimum Gasteiger partial charge on any atom is -0.291 e. The van der Waals surface area contributed by atoms with Gasteiger partial charge < -0.3 is 0 Å². The fourth-order valence-electron chi connectivity index (χ4n) is 3.53. The molecule has 0 spiro atoms. The van der Waals surface area contributed by atoms with Crippen molar-refractivity contribution in [3.05, 3.63) is 121 Å². The Balaban J connectivity index is 1.33. The van der Waals surface area contributed by atoms with Gasteiger partial charge >= 0.3 is 0 Å². The summed E-state index contributed by atoms with van der Waals surface area (Å²) in [5.74, 6) is 0.550. The SMILES string of the molecule is O=C(c1ccc(-c2ccc(S(=O)(=O)c3ccncc3)cc2)cc1)c1ccc(-n2ccnc2)nc1. The second-order valence-corrected chi connectivity index (χ2v) is 9.44. The Bertz CT molecular complexity index is 1530. The highest BCUT2D eigenvalue weighted by atomic mass is 32.2. The molecule has 0 aliphatic carbocycles. The molecule has 7 nitrogen and oxygen atoms in total. The zero-order valence-electron chi connectivity index (χ0n) is 17.8. The lowest BCUT2D eigenvalue weighted by molar-refractivity contribution is 0.103. The van der Waals surface area contributed by atoms with E-state index in [9.17, 15) is 13.2 Å². The molecule has 0 amide bonds.